The van der Waals surface area contributed by atoms with Crippen molar-refractivity contribution in [3.8, 4) is 0 Å². The topological polar surface area (TPSA) is 29.1 Å². The minimum Gasteiger partial charge on any atom is -0.319 e. The Morgan fingerprint density at radius 2 is 1.90 bits per heavy atom. The van der Waals surface area contributed by atoms with Gasteiger partial charge < -0.3 is 5.32 Å². The quantitative estimate of drug-likeness (QED) is 0.597. The van der Waals surface area contributed by atoms with E-state index in [1.54, 1.807) is 25.1 Å². The Bertz CT molecular complexity index is 691. The molecule has 1 amide bonds. The zero-order chi connectivity index (χ0) is 14.9. The van der Waals surface area contributed by atoms with Crippen LogP contribution in [0, 0.1) is 18.6 Å². The summed E-state index contributed by atoms with van der Waals surface area (Å²) in [5, 5.41) is 2.35. The maximum Gasteiger partial charge on any atom is 0.256 e. The van der Waals surface area contributed by atoms with Gasteiger partial charge in [-0.2, -0.15) is 0 Å². The minimum absolute atomic E-state index is 0.00142. The van der Waals surface area contributed by atoms with Crippen LogP contribution in [0.5, 0.6) is 0 Å². The standard InChI is InChI=1S/C14H10BrF2NOS/c1-7-2-3-8(20)4-9(7)14(19)18-13-6-11(16)10(15)5-12(13)17/h2-6,20H,1H3,(H,18,19). The van der Waals surface area contributed by atoms with Crippen LogP contribution in [0.2, 0.25) is 0 Å². The number of hydrogen-bond donors (Lipinski definition) is 2. The number of halogens is 3. The van der Waals surface area contributed by atoms with Crippen LogP contribution in [0.1, 0.15) is 15.9 Å². The second kappa shape index (κ2) is 5.93. The highest BCUT2D eigenvalue weighted by Gasteiger charge is 2.14. The Hall–Kier alpha value is -1.40. The largest absolute Gasteiger partial charge is 0.319 e. The van der Waals surface area contributed by atoms with E-state index in [0.29, 0.717) is 10.5 Å². The predicted molar refractivity (Wildman–Crippen MR) is 80.4 cm³/mol. The number of rotatable bonds is 2. The van der Waals surface area contributed by atoms with Crippen molar-refractivity contribution in [2.45, 2.75) is 11.8 Å². The van der Waals surface area contributed by atoms with Gasteiger partial charge in [0.15, 0.2) is 0 Å². The van der Waals surface area contributed by atoms with Gasteiger partial charge in [0.25, 0.3) is 5.91 Å². The fourth-order valence-electron chi connectivity index (χ4n) is 1.66. The molecule has 0 atom stereocenters. The summed E-state index contributed by atoms with van der Waals surface area (Å²) in [6, 6.07) is 6.94. The fourth-order valence-corrected chi connectivity index (χ4v) is 2.18. The van der Waals surface area contributed by atoms with Crippen molar-refractivity contribution < 1.29 is 13.6 Å². The molecule has 2 nitrogen and oxygen atoms in total. The number of amides is 1. The molecule has 0 aromatic heterocycles. The summed E-state index contributed by atoms with van der Waals surface area (Å²) >= 11 is 7.03. The van der Waals surface area contributed by atoms with E-state index in [9.17, 15) is 13.6 Å². The lowest BCUT2D eigenvalue weighted by atomic mass is 10.1. The van der Waals surface area contributed by atoms with E-state index >= 15 is 0 Å². The number of aryl methyl sites for hydroxylation is 1. The molecular weight excluding hydrogens is 348 g/mol. The van der Waals surface area contributed by atoms with Crippen molar-refractivity contribution in [3.05, 3.63) is 57.6 Å². The zero-order valence-electron chi connectivity index (χ0n) is 10.4. The molecule has 0 aliphatic carbocycles. The molecule has 0 saturated heterocycles. The van der Waals surface area contributed by atoms with Crippen molar-refractivity contribution in [2.75, 3.05) is 5.32 Å². The molecule has 1 N–H and O–H groups in total. The molecule has 0 saturated carbocycles. The Morgan fingerprint density at radius 1 is 1.20 bits per heavy atom. The molecular formula is C14H10BrF2NOS. The Labute approximate surface area is 128 Å². The second-order valence-electron chi connectivity index (χ2n) is 4.20. The molecule has 0 aliphatic rings. The van der Waals surface area contributed by atoms with E-state index in [0.717, 1.165) is 17.7 Å². The third-order valence-corrected chi connectivity index (χ3v) is 3.61. The number of nitrogens with one attached hydrogen (secondary N) is 1. The van der Waals surface area contributed by atoms with Crippen molar-refractivity contribution in [3.63, 3.8) is 0 Å². The molecule has 0 aliphatic heterocycles. The van der Waals surface area contributed by atoms with Crippen LogP contribution in [0.25, 0.3) is 0 Å². The molecule has 104 valence electrons. The van der Waals surface area contributed by atoms with Gasteiger partial charge in [-0.25, -0.2) is 8.78 Å². The van der Waals surface area contributed by atoms with Gasteiger partial charge in [0.2, 0.25) is 0 Å². The van der Waals surface area contributed by atoms with Gasteiger partial charge in [-0.15, -0.1) is 12.6 Å². The molecule has 6 heteroatoms. The van der Waals surface area contributed by atoms with E-state index < -0.39 is 17.5 Å². The summed E-state index contributed by atoms with van der Waals surface area (Å²) in [5.41, 5.74) is 0.873. The lowest BCUT2D eigenvalue weighted by molar-refractivity contribution is 0.102. The van der Waals surface area contributed by atoms with Crippen LogP contribution in [-0.4, -0.2) is 5.91 Å². The van der Waals surface area contributed by atoms with Crippen LogP contribution in [-0.2, 0) is 0 Å². The average Bonchev–Trinajstić information content (AvgIpc) is 2.38. The molecule has 0 heterocycles. The summed E-state index contributed by atoms with van der Waals surface area (Å²) in [5.74, 6) is -1.88. The first kappa shape index (κ1) is 15.0. The molecule has 20 heavy (non-hydrogen) atoms. The predicted octanol–water partition coefficient (Wildman–Crippen LogP) is 4.58. The summed E-state index contributed by atoms with van der Waals surface area (Å²) in [6.45, 7) is 1.75. The zero-order valence-corrected chi connectivity index (χ0v) is 12.9. The summed E-state index contributed by atoms with van der Waals surface area (Å²) < 4.78 is 27.0. The number of thiol groups is 1. The fraction of sp³-hybridized carbons (Fsp3) is 0.0714. The van der Waals surface area contributed by atoms with Crippen LogP contribution < -0.4 is 5.32 Å². The highest BCUT2D eigenvalue weighted by molar-refractivity contribution is 9.10. The molecule has 0 spiro atoms. The normalized spacial score (nSPS) is 10.4. The van der Waals surface area contributed by atoms with E-state index in [-0.39, 0.29) is 10.2 Å². The van der Waals surface area contributed by atoms with Crippen LogP contribution in [0.4, 0.5) is 14.5 Å². The van der Waals surface area contributed by atoms with Gasteiger partial charge >= 0.3 is 0 Å². The molecule has 0 unspecified atom stereocenters. The Morgan fingerprint density at radius 3 is 2.60 bits per heavy atom. The number of carbonyl (C=O) groups excluding carboxylic acids is 1. The van der Waals surface area contributed by atoms with Gasteiger partial charge in [-0.3, -0.25) is 4.79 Å². The van der Waals surface area contributed by atoms with Crippen molar-refractivity contribution in [2.24, 2.45) is 0 Å². The summed E-state index contributed by atoms with van der Waals surface area (Å²) in [4.78, 5) is 12.7. The first-order valence-electron chi connectivity index (χ1n) is 5.64. The van der Waals surface area contributed by atoms with Gasteiger partial charge in [0.05, 0.1) is 10.2 Å². The van der Waals surface area contributed by atoms with Crippen LogP contribution in [0.15, 0.2) is 39.7 Å². The minimum atomic E-state index is -0.716. The average molecular weight is 358 g/mol. The SMILES string of the molecule is Cc1ccc(S)cc1C(=O)Nc1cc(F)c(Br)cc1F. The smallest absolute Gasteiger partial charge is 0.256 e. The maximum absolute atomic E-state index is 13.7. The third kappa shape index (κ3) is 3.19. The van der Waals surface area contributed by atoms with Gasteiger partial charge in [-0.1, -0.05) is 6.07 Å². The molecule has 2 rings (SSSR count). The molecule has 2 aromatic rings. The third-order valence-electron chi connectivity index (χ3n) is 2.72. The van der Waals surface area contributed by atoms with E-state index in [2.05, 4.69) is 33.9 Å². The van der Waals surface area contributed by atoms with Gasteiger partial charge in [0, 0.05) is 16.5 Å². The van der Waals surface area contributed by atoms with Crippen molar-refractivity contribution in [1.82, 2.24) is 0 Å². The lowest BCUT2D eigenvalue weighted by Gasteiger charge is -2.10. The summed E-state index contributed by atoms with van der Waals surface area (Å²) in [6.07, 6.45) is 0. The van der Waals surface area contributed by atoms with Crippen LogP contribution >= 0.6 is 28.6 Å². The van der Waals surface area contributed by atoms with E-state index in [4.69, 9.17) is 0 Å². The van der Waals surface area contributed by atoms with E-state index in [1.807, 2.05) is 0 Å². The van der Waals surface area contributed by atoms with Crippen molar-refractivity contribution >= 4 is 40.2 Å². The highest BCUT2D eigenvalue weighted by Crippen LogP contribution is 2.24. The number of anilines is 1. The summed E-state index contributed by atoms with van der Waals surface area (Å²) in [7, 11) is 0. The molecule has 0 bridgehead atoms. The number of hydrogen-bond acceptors (Lipinski definition) is 2. The van der Waals surface area contributed by atoms with E-state index in [1.165, 1.54) is 0 Å². The van der Waals surface area contributed by atoms with Gasteiger partial charge in [0.1, 0.15) is 11.6 Å². The van der Waals surface area contributed by atoms with Crippen molar-refractivity contribution in [1.29, 1.82) is 0 Å². The lowest BCUT2D eigenvalue weighted by Crippen LogP contribution is -2.14. The maximum atomic E-state index is 13.7. The monoisotopic (exact) mass is 357 g/mol. The highest BCUT2D eigenvalue weighted by atomic mass is 79.9. The Balaban J connectivity index is 2.32. The Kier molecular flexibility index (Phi) is 4.45. The van der Waals surface area contributed by atoms with Crippen LogP contribution in [0.3, 0.4) is 0 Å². The number of carbonyl (C=O) groups is 1. The van der Waals surface area contributed by atoms with Gasteiger partial charge in [-0.05, 0) is 46.6 Å². The number of benzene rings is 2. The molecule has 0 fully saturated rings. The first-order chi connectivity index (χ1) is 9.38. The second-order valence-corrected chi connectivity index (χ2v) is 5.57. The molecule has 0 radical (unpaired) electrons. The molecule has 2 aromatic carbocycles. The first-order valence-corrected chi connectivity index (χ1v) is 6.88.